The number of rotatable bonds is 7. The van der Waals surface area contributed by atoms with Gasteiger partial charge in [-0.3, -0.25) is 9.48 Å². The predicted molar refractivity (Wildman–Crippen MR) is 97.9 cm³/mol. The molecule has 2 heterocycles. The van der Waals surface area contributed by atoms with Crippen LogP contribution in [0.2, 0.25) is 0 Å². The van der Waals surface area contributed by atoms with Crippen molar-refractivity contribution in [1.82, 2.24) is 14.7 Å². The number of nitrogens with zero attached hydrogens (tertiary/aromatic N) is 3. The van der Waals surface area contributed by atoms with E-state index in [0.717, 1.165) is 24.3 Å². The zero-order valence-corrected chi connectivity index (χ0v) is 14.9. The summed E-state index contributed by atoms with van der Waals surface area (Å²) in [4.78, 5) is 14.6. The maximum atomic E-state index is 12.7. The van der Waals surface area contributed by atoms with Crippen molar-refractivity contribution < 1.29 is 14.3 Å². The van der Waals surface area contributed by atoms with Crippen LogP contribution >= 0.6 is 0 Å². The van der Waals surface area contributed by atoms with Crippen LogP contribution in [0.5, 0.6) is 5.75 Å². The van der Waals surface area contributed by atoms with E-state index in [-0.39, 0.29) is 12.0 Å². The molecule has 0 spiro atoms. The molecule has 0 radical (unpaired) electrons. The molecular formula is C19H26N4O3. The Bertz CT molecular complexity index is 673. The first-order valence-corrected chi connectivity index (χ1v) is 9.03. The summed E-state index contributed by atoms with van der Waals surface area (Å²) >= 11 is 0. The highest BCUT2D eigenvalue weighted by molar-refractivity contribution is 5.78. The molecule has 140 valence electrons. The Kier molecular flexibility index (Phi) is 6.62. The minimum atomic E-state index is -0.0339. The first kappa shape index (κ1) is 18.4. The van der Waals surface area contributed by atoms with Crippen molar-refractivity contribution in [3.8, 4) is 5.75 Å². The molecule has 2 N–H and O–H groups in total. The van der Waals surface area contributed by atoms with Gasteiger partial charge < -0.3 is 20.1 Å². The van der Waals surface area contributed by atoms with E-state index in [1.165, 1.54) is 0 Å². The molecular weight excluding hydrogens is 332 g/mol. The standard InChI is InChI=1S/C19H26N4O3/c20-7-12-26-17-5-3-16(4-6-17)13-19(24)22-9-2-11-25-18(14-22)15-23-10-1-8-21-23/h1,3-6,8,10,18H,2,7,9,11-15,20H2/t18-/m0/s1. The lowest BCUT2D eigenvalue weighted by atomic mass is 10.1. The van der Waals surface area contributed by atoms with Crippen LogP contribution in [0, 0.1) is 0 Å². The van der Waals surface area contributed by atoms with Crippen LogP contribution < -0.4 is 10.5 Å². The van der Waals surface area contributed by atoms with E-state index in [2.05, 4.69) is 5.10 Å². The molecule has 1 amide bonds. The largest absolute Gasteiger partial charge is 0.492 e. The topological polar surface area (TPSA) is 82.6 Å². The van der Waals surface area contributed by atoms with E-state index in [1.807, 2.05) is 46.1 Å². The van der Waals surface area contributed by atoms with E-state index in [4.69, 9.17) is 15.2 Å². The van der Waals surface area contributed by atoms with Gasteiger partial charge in [-0.1, -0.05) is 12.1 Å². The average molecular weight is 358 g/mol. The lowest BCUT2D eigenvalue weighted by Crippen LogP contribution is -2.39. The van der Waals surface area contributed by atoms with Gasteiger partial charge in [-0.05, 0) is 30.2 Å². The van der Waals surface area contributed by atoms with Crippen molar-refractivity contribution in [2.75, 3.05) is 32.8 Å². The van der Waals surface area contributed by atoms with Crippen molar-refractivity contribution in [3.63, 3.8) is 0 Å². The summed E-state index contributed by atoms with van der Waals surface area (Å²) in [6, 6.07) is 9.51. The van der Waals surface area contributed by atoms with E-state index >= 15 is 0 Å². The Balaban J connectivity index is 1.55. The molecule has 7 heteroatoms. The third-order valence-corrected chi connectivity index (χ3v) is 4.32. The third-order valence-electron chi connectivity index (χ3n) is 4.32. The first-order valence-electron chi connectivity index (χ1n) is 9.03. The molecule has 1 aromatic carbocycles. The summed E-state index contributed by atoms with van der Waals surface area (Å²) in [7, 11) is 0. The molecule has 7 nitrogen and oxygen atoms in total. The lowest BCUT2D eigenvalue weighted by Gasteiger charge is -2.24. The normalized spacial score (nSPS) is 17.7. The number of nitrogens with two attached hydrogens (primary N) is 1. The number of benzene rings is 1. The number of hydrogen-bond acceptors (Lipinski definition) is 5. The van der Waals surface area contributed by atoms with Crippen LogP contribution in [0.3, 0.4) is 0 Å². The molecule has 3 rings (SSSR count). The van der Waals surface area contributed by atoms with Crippen molar-refractivity contribution >= 4 is 5.91 Å². The monoisotopic (exact) mass is 358 g/mol. The second-order valence-electron chi connectivity index (χ2n) is 6.37. The number of aromatic nitrogens is 2. The van der Waals surface area contributed by atoms with Crippen molar-refractivity contribution in [3.05, 3.63) is 48.3 Å². The number of hydrogen-bond donors (Lipinski definition) is 1. The molecule has 1 aliphatic heterocycles. The molecule has 1 fully saturated rings. The highest BCUT2D eigenvalue weighted by Gasteiger charge is 2.23. The molecule has 0 aliphatic carbocycles. The molecule has 26 heavy (non-hydrogen) atoms. The van der Waals surface area contributed by atoms with Gasteiger partial charge in [-0.25, -0.2) is 0 Å². The molecule has 1 saturated heterocycles. The highest BCUT2D eigenvalue weighted by atomic mass is 16.5. The van der Waals surface area contributed by atoms with Gasteiger partial charge >= 0.3 is 0 Å². The summed E-state index contributed by atoms with van der Waals surface area (Å²) in [6.07, 6.45) is 4.86. The first-order chi connectivity index (χ1) is 12.7. The minimum absolute atomic E-state index is 0.0339. The third kappa shape index (κ3) is 5.31. The number of ether oxygens (including phenoxy) is 2. The molecule has 1 atom stereocenters. The summed E-state index contributed by atoms with van der Waals surface area (Å²) in [5, 5.41) is 4.22. The Labute approximate surface area is 153 Å². The Morgan fingerprint density at radius 1 is 1.35 bits per heavy atom. The fraction of sp³-hybridized carbons (Fsp3) is 0.474. The van der Waals surface area contributed by atoms with Gasteiger partial charge in [-0.2, -0.15) is 5.10 Å². The number of amides is 1. The van der Waals surface area contributed by atoms with Crippen molar-refractivity contribution in [2.45, 2.75) is 25.5 Å². The second-order valence-corrected chi connectivity index (χ2v) is 6.37. The SMILES string of the molecule is NCCOc1ccc(CC(=O)N2CCCO[C@H](Cn3cccn3)C2)cc1. The summed E-state index contributed by atoms with van der Waals surface area (Å²) in [5.74, 6) is 0.894. The molecule has 2 aromatic rings. The quantitative estimate of drug-likeness (QED) is 0.801. The maximum absolute atomic E-state index is 12.7. The van der Waals surface area contributed by atoms with E-state index in [9.17, 15) is 4.79 Å². The summed E-state index contributed by atoms with van der Waals surface area (Å²) in [6.45, 7) is 3.62. The van der Waals surface area contributed by atoms with Gasteiger partial charge in [-0.15, -0.1) is 0 Å². The van der Waals surface area contributed by atoms with Crippen molar-refractivity contribution in [2.24, 2.45) is 5.73 Å². The highest BCUT2D eigenvalue weighted by Crippen LogP contribution is 2.15. The Morgan fingerprint density at radius 2 is 2.19 bits per heavy atom. The molecule has 0 bridgehead atoms. The molecule has 1 aliphatic rings. The van der Waals surface area contributed by atoms with Gasteiger partial charge in [0.05, 0.1) is 19.1 Å². The van der Waals surface area contributed by atoms with Crippen LogP contribution in [-0.2, 0) is 22.5 Å². The van der Waals surface area contributed by atoms with Crippen LogP contribution in [0.4, 0.5) is 0 Å². The van der Waals surface area contributed by atoms with E-state index in [0.29, 0.717) is 39.3 Å². The van der Waals surface area contributed by atoms with Gasteiger partial charge in [0.1, 0.15) is 12.4 Å². The number of carbonyl (C=O) groups excluding carboxylic acids is 1. The average Bonchev–Trinajstić information content (AvgIpc) is 3.05. The number of carbonyl (C=O) groups is 1. The maximum Gasteiger partial charge on any atom is 0.227 e. The second kappa shape index (κ2) is 9.35. The molecule has 0 saturated carbocycles. The van der Waals surface area contributed by atoms with Crippen LogP contribution in [0.1, 0.15) is 12.0 Å². The van der Waals surface area contributed by atoms with Crippen LogP contribution in [0.25, 0.3) is 0 Å². The fourth-order valence-electron chi connectivity index (χ4n) is 3.02. The predicted octanol–water partition coefficient (Wildman–Crippen LogP) is 1.08. The fourth-order valence-corrected chi connectivity index (χ4v) is 3.02. The van der Waals surface area contributed by atoms with Crippen LogP contribution in [0.15, 0.2) is 42.7 Å². The minimum Gasteiger partial charge on any atom is -0.492 e. The van der Waals surface area contributed by atoms with Crippen LogP contribution in [-0.4, -0.2) is 59.5 Å². The van der Waals surface area contributed by atoms with E-state index < -0.39 is 0 Å². The van der Waals surface area contributed by atoms with Crippen molar-refractivity contribution in [1.29, 1.82) is 0 Å². The molecule has 0 unspecified atom stereocenters. The zero-order chi connectivity index (χ0) is 18.2. The zero-order valence-electron chi connectivity index (χ0n) is 14.9. The smallest absolute Gasteiger partial charge is 0.227 e. The summed E-state index contributed by atoms with van der Waals surface area (Å²) in [5.41, 5.74) is 6.41. The van der Waals surface area contributed by atoms with Gasteiger partial charge in [0.2, 0.25) is 5.91 Å². The molecule has 1 aromatic heterocycles. The summed E-state index contributed by atoms with van der Waals surface area (Å²) < 4.78 is 13.2. The van der Waals surface area contributed by atoms with Gasteiger partial charge in [0.25, 0.3) is 0 Å². The Hall–Kier alpha value is -2.38. The van der Waals surface area contributed by atoms with E-state index in [1.54, 1.807) is 6.20 Å². The van der Waals surface area contributed by atoms with Gasteiger partial charge in [0.15, 0.2) is 0 Å². The Morgan fingerprint density at radius 3 is 2.92 bits per heavy atom. The van der Waals surface area contributed by atoms with Gasteiger partial charge in [0, 0.05) is 38.6 Å². The lowest BCUT2D eigenvalue weighted by molar-refractivity contribution is -0.131.